The maximum absolute atomic E-state index is 13.4. The highest BCUT2D eigenvalue weighted by molar-refractivity contribution is 5.83. The van der Waals surface area contributed by atoms with Crippen LogP contribution in [0.4, 0.5) is 0 Å². The molecule has 3 N–H and O–H groups in total. The molecule has 2 aliphatic carbocycles. The van der Waals surface area contributed by atoms with Gasteiger partial charge in [-0.25, -0.2) is 0 Å². The maximum atomic E-state index is 13.4. The van der Waals surface area contributed by atoms with E-state index in [1.165, 1.54) is 17.6 Å². The predicted octanol–water partition coefficient (Wildman–Crippen LogP) is 5.63. The average molecular weight is 415 g/mol. The van der Waals surface area contributed by atoms with E-state index in [9.17, 15) is 4.79 Å². The lowest BCUT2D eigenvalue weighted by atomic mass is 9.46. The average Bonchev–Trinajstić information content (AvgIpc) is 3.23. The number of fused-ring (bicyclic) bond motifs is 1. The second kappa shape index (κ2) is 10.2. The highest BCUT2D eigenvalue weighted by Crippen LogP contribution is 2.61. The van der Waals surface area contributed by atoms with Gasteiger partial charge in [0, 0.05) is 12.0 Å². The fourth-order valence-corrected chi connectivity index (χ4v) is 6.53. The molecule has 30 heavy (non-hydrogen) atoms. The molecular formula is C26H42N2O2. The Bertz CT molecular complexity index is 698. The zero-order chi connectivity index (χ0) is 21.6. The van der Waals surface area contributed by atoms with Crippen molar-refractivity contribution in [3.05, 3.63) is 36.3 Å². The quantitative estimate of drug-likeness (QED) is 0.385. The van der Waals surface area contributed by atoms with Gasteiger partial charge >= 0.3 is 0 Å². The molecule has 4 nitrogen and oxygen atoms in total. The maximum Gasteiger partial charge on any atom is 0.226 e. The van der Waals surface area contributed by atoms with Crippen LogP contribution < -0.4 is 11.1 Å². The number of nitrogens with one attached hydrogen (secondary N) is 1. The van der Waals surface area contributed by atoms with Crippen LogP contribution in [0.5, 0.6) is 0 Å². The number of hydrogen-bond acceptors (Lipinski definition) is 3. The number of carbonyl (C=O) groups excluding carboxylic acids is 1. The molecule has 2 saturated carbocycles. The summed E-state index contributed by atoms with van der Waals surface area (Å²) in [6.45, 7) is 10.7. The molecule has 0 radical (unpaired) electrons. The lowest BCUT2D eigenvalue weighted by Crippen LogP contribution is -2.56. The van der Waals surface area contributed by atoms with Crippen LogP contribution in [0.25, 0.3) is 0 Å². The monoisotopic (exact) mass is 414 g/mol. The number of furan rings is 1. The standard InChI is InChI=1S/C26H42N2O2/c1-20-9-12-23-25(2,22(20)11-10-21-13-18-30-19-21)14-8-15-26(23,3)24(29)28-17-7-5-4-6-16-27/h13,18-19,22-23H,1,4-12,14-17,27H2,2-3H3,(H,28,29)/t22-,23+,25+,26-/m0/s1. The lowest BCUT2D eigenvalue weighted by Gasteiger charge is -2.58. The summed E-state index contributed by atoms with van der Waals surface area (Å²) in [7, 11) is 0. The first-order valence-electron chi connectivity index (χ1n) is 12.1. The van der Waals surface area contributed by atoms with Gasteiger partial charge in [-0.1, -0.05) is 45.3 Å². The molecule has 4 atom stereocenters. The lowest BCUT2D eigenvalue weighted by molar-refractivity contribution is -0.146. The smallest absolute Gasteiger partial charge is 0.226 e. The van der Waals surface area contributed by atoms with Gasteiger partial charge in [0.2, 0.25) is 5.91 Å². The molecule has 1 heterocycles. The van der Waals surface area contributed by atoms with Crippen molar-refractivity contribution >= 4 is 5.91 Å². The number of unbranched alkanes of at least 4 members (excludes halogenated alkanes) is 3. The Morgan fingerprint density at radius 3 is 2.80 bits per heavy atom. The molecule has 2 aliphatic rings. The molecule has 0 saturated heterocycles. The molecule has 0 aromatic carbocycles. The van der Waals surface area contributed by atoms with Crippen molar-refractivity contribution in [1.82, 2.24) is 5.32 Å². The molecule has 3 rings (SSSR count). The van der Waals surface area contributed by atoms with E-state index < -0.39 is 0 Å². The van der Waals surface area contributed by atoms with Crippen molar-refractivity contribution in [2.45, 2.75) is 84.5 Å². The number of aryl methyl sites for hydroxylation is 1. The van der Waals surface area contributed by atoms with Gasteiger partial charge in [-0.15, -0.1) is 0 Å². The van der Waals surface area contributed by atoms with E-state index >= 15 is 0 Å². The van der Waals surface area contributed by atoms with Crippen molar-refractivity contribution < 1.29 is 9.21 Å². The highest BCUT2D eigenvalue weighted by atomic mass is 16.3. The topological polar surface area (TPSA) is 68.3 Å². The molecule has 0 unspecified atom stereocenters. The molecule has 168 valence electrons. The van der Waals surface area contributed by atoms with Crippen LogP contribution in [0.15, 0.2) is 35.2 Å². The summed E-state index contributed by atoms with van der Waals surface area (Å²) in [6.07, 6.45) is 15.7. The number of hydrogen-bond donors (Lipinski definition) is 2. The Hall–Kier alpha value is -1.55. The normalized spacial score (nSPS) is 31.4. The summed E-state index contributed by atoms with van der Waals surface area (Å²) in [6, 6.07) is 2.07. The Morgan fingerprint density at radius 2 is 2.07 bits per heavy atom. The second-order valence-corrected chi connectivity index (χ2v) is 10.2. The Morgan fingerprint density at radius 1 is 1.27 bits per heavy atom. The summed E-state index contributed by atoms with van der Waals surface area (Å²) in [4.78, 5) is 13.4. The van der Waals surface area contributed by atoms with Crippen LogP contribution in [0, 0.1) is 22.7 Å². The van der Waals surface area contributed by atoms with Crippen LogP contribution in [-0.2, 0) is 11.2 Å². The molecule has 1 aromatic heterocycles. The number of allylic oxidation sites excluding steroid dienone is 1. The van der Waals surface area contributed by atoms with E-state index in [1.807, 2.05) is 6.26 Å². The van der Waals surface area contributed by atoms with Crippen molar-refractivity contribution in [1.29, 1.82) is 0 Å². The van der Waals surface area contributed by atoms with Crippen molar-refractivity contribution in [3.8, 4) is 0 Å². The second-order valence-electron chi connectivity index (χ2n) is 10.2. The zero-order valence-electron chi connectivity index (χ0n) is 19.2. The minimum atomic E-state index is -0.265. The van der Waals surface area contributed by atoms with Crippen LogP contribution in [0.3, 0.4) is 0 Å². The minimum Gasteiger partial charge on any atom is -0.472 e. The summed E-state index contributed by atoms with van der Waals surface area (Å²) in [5, 5.41) is 3.30. The molecular weight excluding hydrogens is 372 g/mol. The fraction of sp³-hybridized carbons (Fsp3) is 0.731. The number of amides is 1. The van der Waals surface area contributed by atoms with Crippen molar-refractivity contribution in [2.24, 2.45) is 28.4 Å². The number of nitrogens with two attached hydrogens (primary N) is 1. The van der Waals surface area contributed by atoms with Crippen molar-refractivity contribution in [2.75, 3.05) is 13.1 Å². The predicted molar refractivity (Wildman–Crippen MR) is 123 cm³/mol. The summed E-state index contributed by atoms with van der Waals surface area (Å²) >= 11 is 0. The van der Waals surface area contributed by atoms with Crippen LogP contribution in [-0.4, -0.2) is 19.0 Å². The largest absolute Gasteiger partial charge is 0.472 e. The third kappa shape index (κ3) is 4.85. The molecule has 1 amide bonds. The van der Waals surface area contributed by atoms with E-state index in [2.05, 4.69) is 31.8 Å². The molecule has 0 bridgehead atoms. The SMILES string of the molecule is C=C1CC[C@@H]2[C@](C)(CCC[C@]2(C)C(=O)NCCCCCCN)[C@H]1CCc1ccoc1. The summed E-state index contributed by atoms with van der Waals surface area (Å²) in [5.41, 5.74) is 8.12. The third-order valence-electron chi connectivity index (χ3n) is 8.26. The molecule has 0 aliphatic heterocycles. The van der Waals surface area contributed by atoms with Gasteiger partial charge in [0.05, 0.1) is 12.5 Å². The summed E-state index contributed by atoms with van der Waals surface area (Å²) in [5.74, 6) is 1.18. The Balaban J connectivity index is 1.65. The molecule has 0 spiro atoms. The zero-order valence-corrected chi connectivity index (χ0v) is 19.2. The van der Waals surface area contributed by atoms with Gasteiger partial charge in [0.25, 0.3) is 0 Å². The molecule has 2 fully saturated rings. The first kappa shape index (κ1) is 23.1. The fourth-order valence-electron chi connectivity index (χ4n) is 6.53. The van der Waals surface area contributed by atoms with Crippen LogP contribution in [0.2, 0.25) is 0 Å². The van der Waals surface area contributed by atoms with Gasteiger partial charge in [0.15, 0.2) is 0 Å². The van der Waals surface area contributed by atoms with Crippen LogP contribution in [0.1, 0.15) is 83.6 Å². The van der Waals surface area contributed by atoms with Gasteiger partial charge in [-0.2, -0.15) is 0 Å². The van der Waals surface area contributed by atoms with E-state index in [-0.39, 0.29) is 16.7 Å². The van der Waals surface area contributed by atoms with Gasteiger partial charge < -0.3 is 15.5 Å². The molecule has 1 aromatic rings. The van der Waals surface area contributed by atoms with E-state index in [0.717, 1.165) is 77.3 Å². The minimum absolute atomic E-state index is 0.157. The highest BCUT2D eigenvalue weighted by Gasteiger charge is 2.56. The Labute approximate surface area is 183 Å². The number of carbonyl (C=O) groups is 1. The third-order valence-corrected chi connectivity index (χ3v) is 8.26. The van der Waals surface area contributed by atoms with E-state index in [1.54, 1.807) is 6.26 Å². The first-order chi connectivity index (χ1) is 14.4. The van der Waals surface area contributed by atoms with Gasteiger partial charge in [-0.3, -0.25) is 4.79 Å². The first-order valence-corrected chi connectivity index (χ1v) is 12.1. The van der Waals surface area contributed by atoms with Gasteiger partial charge in [-0.05, 0) is 86.8 Å². The Kier molecular flexibility index (Phi) is 7.84. The molecule has 4 heteroatoms. The van der Waals surface area contributed by atoms with Crippen molar-refractivity contribution in [3.63, 3.8) is 0 Å². The van der Waals surface area contributed by atoms with E-state index in [0.29, 0.717) is 11.8 Å². The summed E-state index contributed by atoms with van der Waals surface area (Å²) < 4.78 is 5.26. The van der Waals surface area contributed by atoms with Crippen LogP contribution >= 0.6 is 0 Å². The van der Waals surface area contributed by atoms with E-state index in [4.69, 9.17) is 10.2 Å². The van der Waals surface area contributed by atoms with Gasteiger partial charge in [0.1, 0.15) is 0 Å². The number of rotatable bonds is 10.